The maximum Gasteiger partial charge on any atom is 0.433 e. The third-order valence-corrected chi connectivity index (χ3v) is 2.25. The number of furan rings is 1. The fraction of sp³-hybridized carbons (Fsp3) is 0.300. The number of nitro groups is 1. The number of carbonyl (C=O) groups is 3. The van der Waals surface area contributed by atoms with Crippen LogP contribution in [0.15, 0.2) is 16.5 Å². The van der Waals surface area contributed by atoms with E-state index >= 15 is 0 Å². The zero-order valence-electron chi connectivity index (χ0n) is 9.94. The standard InChI is InChI=1S/C10H10N2O8/c13-8(14)4-1-5(10(16)17)11-9(15)6-2-3-7(20-6)12(18)19/h2-3,5H,1,4H2,(H,11,15)(H,13,14)(H,16,17). The third-order valence-electron chi connectivity index (χ3n) is 2.25. The molecule has 0 aliphatic carbocycles. The van der Waals surface area contributed by atoms with Gasteiger partial charge in [-0.1, -0.05) is 0 Å². The van der Waals surface area contributed by atoms with Crippen LogP contribution in [0.5, 0.6) is 0 Å². The molecule has 1 atom stereocenters. The van der Waals surface area contributed by atoms with E-state index in [9.17, 15) is 24.5 Å². The molecule has 20 heavy (non-hydrogen) atoms. The van der Waals surface area contributed by atoms with Crippen molar-refractivity contribution in [2.45, 2.75) is 18.9 Å². The Morgan fingerprint density at radius 2 is 2.00 bits per heavy atom. The average molecular weight is 286 g/mol. The SMILES string of the molecule is O=C(O)CCC(NC(=O)c1ccc([N+](=O)[O-])o1)C(=O)O. The van der Waals surface area contributed by atoms with Crippen molar-refractivity contribution >= 4 is 23.7 Å². The Morgan fingerprint density at radius 1 is 1.35 bits per heavy atom. The molecule has 1 amide bonds. The van der Waals surface area contributed by atoms with Crippen molar-refractivity contribution in [3.8, 4) is 0 Å². The summed E-state index contributed by atoms with van der Waals surface area (Å²) in [7, 11) is 0. The van der Waals surface area contributed by atoms with Gasteiger partial charge in [0.15, 0.2) is 5.76 Å². The molecule has 0 saturated carbocycles. The molecule has 108 valence electrons. The predicted octanol–water partition coefficient (Wildman–Crippen LogP) is 0.236. The van der Waals surface area contributed by atoms with Gasteiger partial charge in [-0.2, -0.15) is 0 Å². The first-order valence-electron chi connectivity index (χ1n) is 5.31. The molecule has 0 saturated heterocycles. The van der Waals surface area contributed by atoms with E-state index in [2.05, 4.69) is 4.42 Å². The zero-order valence-corrected chi connectivity index (χ0v) is 9.94. The molecule has 1 unspecified atom stereocenters. The van der Waals surface area contributed by atoms with E-state index in [1.807, 2.05) is 5.32 Å². The highest BCUT2D eigenvalue weighted by molar-refractivity contribution is 5.94. The number of nitrogens with zero attached hydrogens (tertiary/aromatic N) is 1. The van der Waals surface area contributed by atoms with Gasteiger partial charge in [-0.25, -0.2) is 4.79 Å². The van der Waals surface area contributed by atoms with Crippen LogP contribution in [0, 0.1) is 10.1 Å². The monoisotopic (exact) mass is 286 g/mol. The lowest BCUT2D eigenvalue weighted by atomic mass is 10.1. The molecule has 0 fully saturated rings. The highest BCUT2D eigenvalue weighted by Gasteiger charge is 2.24. The highest BCUT2D eigenvalue weighted by Crippen LogP contribution is 2.15. The van der Waals surface area contributed by atoms with Crippen LogP contribution in [0.1, 0.15) is 23.4 Å². The van der Waals surface area contributed by atoms with Gasteiger partial charge in [-0.05, 0) is 12.5 Å². The Bertz CT molecular complexity index is 549. The molecule has 10 heteroatoms. The van der Waals surface area contributed by atoms with Crippen LogP contribution in [-0.4, -0.2) is 39.0 Å². The van der Waals surface area contributed by atoms with Crippen molar-refractivity contribution in [2.24, 2.45) is 0 Å². The molecule has 0 aromatic carbocycles. The van der Waals surface area contributed by atoms with Crippen LogP contribution in [-0.2, 0) is 9.59 Å². The van der Waals surface area contributed by atoms with Crippen molar-refractivity contribution < 1.29 is 33.9 Å². The Kier molecular flexibility index (Phi) is 4.78. The molecule has 10 nitrogen and oxygen atoms in total. The maximum atomic E-state index is 11.6. The summed E-state index contributed by atoms with van der Waals surface area (Å²) in [5.74, 6) is -4.69. The first kappa shape index (κ1) is 15.1. The number of rotatable bonds is 7. The van der Waals surface area contributed by atoms with Crippen LogP contribution in [0.2, 0.25) is 0 Å². The van der Waals surface area contributed by atoms with E-state index < -0.39 is 46.9 Å². The smallest absolute Gasteiger partial charge is 0.433 e. The van der Waals surface area contributed by atoms with Crippen molar-refractivity contribution in [2.75, 3.05) is 0 Å². The molecule has 0 spiro atoms. The second-order valence-electron chi connectivity index (χ2n) is 3.69. The van der Waals surface area contributed by atoms with E-state index in [-0.39, 0.29) is 6.42 Å². The number of nitrogens with one attached hydrogen (secondary N) is 1. The van der Waals surface area contributed by atoms with Crippen LogP contribution in [0.4, 0.5) is 5.88 Å². The summed E-state index contributed by atoms with van der Waals surface area (Å²) < 4.78 is 4.59. The van der Waals surface area contributed by atoms with Gasteiger partial charge in [0.1, 0.15) is 11.0 Å². The van der Waals surface area contributed by atoms with Gasteiger partial charge in [-0.3, -0.25) is 19.7 Å². The van der Waals surface area contributed by atoms with Gasteiger partial charge < -0.3 is 19.9 Å². The average Bonchev–Trinajstić information content (AvgIpc) is 2.83. The van der Waals surface area contributed by atoms with E-state index in [0.29, 0.717) is 0 Å². The van der Waals surface area contributed by atoms with E-state index in [4.69, 9.17) is 10.2 Å². The van der Waals surface area contributed by atoms with Crippen LogP contribution in [0.25, 0.3) is 0 Å². The summed E-state index contributed by atoms with van der Waals surface area (Å²) in [5, 5.41) is 29.7. The minimum Gasteiger partial charge on any atom is -0.481 e. The van der Waals surface area contributed by atoms with Gasteiger partial charge >= 0.3 is 17.8 Å². The quantitative estimate of drug-likeness (QED) is 0.474. The summed E-state index contributed by atoms with van der Waals surface area (Å²) in [6, 6.07) is 0.536. The lowest BCUT2D eigenvalue weighted by Crippen LogP contribution is -2.41. The molecule has 0 bridgehead atoms. The molecule has 3 N–H and O–H groups in total. The molecular formula is C10H10N2O8. The number of carboxylic acids is 2. The molecule has 1 aromatic rings. The number of aliphatic carboxylic acids is 2. The van der Waals surface area contributed by atoms with Gasteiger partial charge in [0.2, 0.25) is 0 Å². The molecule has 0 aliphatic rings. The van der Waals surface area contributed by atoms with Crippen LogP contribution < -0.4 is 5.32 Å². The molecule has 0 radical (unpaired) electrons. The highest BCUT2D eigenvalue weighted by atomic mass is 16.6. The van der Waals surface area contributed by atoms with Gasteiger partial charge in [0.05, 0.1) is 6.07 Å². The fourth-order valence-electron chi connectivity index (χ4n) is 1.30. The van der Waals surface area contributed by atoms with Gasteiger partial charge in [0, 0.05) is 6.42 Å². The second kappa shape index (κ2) is 6.31. The van der Waals surface area contributed by atoms with Crippen molar-refractivity contribution in [1.29, 1.82) is 0 Å². The minimum atomic E-state index is -1.43. The molecule has 1 aromatic heterocycles. The molecule has 1 heterocycles. The summed E-state index contributed by atoms with van der Waals surface area (Å²) in [5.41, 5.74) is 0. The van der Waals surface area contributed by atoms with Crippen molar-refractivity contribution in [3.63, 3.8) is 0 Å². The lowest BCUT2D eigenvalue weighted by molar-refractivity contribution is -0.402. The Hall–Kier alpha value is -2.91. The number of hydrogen-bond donors (Lipinski definition) is 3. The third kappa shape index (κ3) is 4.08. The minimum absolute atomic E-state index is 0.320. The molecule has 1 rings (SSSR count). The first-order valence-corrected chi connectivity index (χ1v) is 5.31. The lowest BCUT2D eigenvalue weighted by Gasteiger charge is -2.11. The zero-order chi connectivity index (χ0) is 15.3. The molecule has 0 aliphatic heterocycles. The van der Waals surface area contributed by atoms with Crippen molar-refractivity contribution in [3.05, 3.63) is 28.0 Å². The largest absolute Gasteiger partial charge is 0.481 e. The topological polar surface area (TPSA) is 160 Å². The van der Waals surface area contributed by atoms with E-state index in [1.165, 1.54) is 0 Å². The molecular weight excluding hydrogens is 276 g/mol. The fourth-order valence-corrected chi connectivity index (χ4v) is 1.30. The maximum absolute atomic E-state index is 11.6. The first-order chi connectivity index (χ1) is 9.31. The summed E-state index contributed by atoms with van der Waals surface area (Å²) in [6.07, 6.45) is -0.769. The summed E-state index contributed by atoms with van der Waals surface area (Å²) in [6.45, 7) is 0. The second-order valence-corrected chi connectivity index (χ2v) is 3.69. The number of carbonyl (C=O) groups excluding carboxylic acids is 1. The van der Waals surface area contributed by atoms with E-state index in [0.717, 1.165) is 12.1 Å². The predicted molar refractivity (Wildman–Crippen MR) is 61.1 cm³/mol. The van der Waals surface area contributed by atoms with Crippen LogP contribution >= 0.6 is 0 Å². The van der Waals surface area contributed by atoms with Crippen molar-refractivity contribution in [1.82, 2.24) is 5.32 Å². The summed E-state index contributed by atoms with van der Waals surface area (Å²) in [4.78, 5) is 42.3. The number of hydrogen-bond acceptors (Lipinski definition) is 6. The summed E-state index contributed by atoms with van der Waals surface area (Å²) >= 11 is 0. The van der Waals surface area contributed by atoms with E-state index in [1.54, 1.807) is 0 Å². The van der Waals surface area contributed by atoms with Gasteiger partial charge in [-0.15, -0.1) is 0 Å². The number of carboxylic acid groups (broad SMARTS) is 2. The normalized spacial score (nSPS) is 11.6. The Labute approximate surface area is 111 Å². The Morgan fingerprint density at radius 3 is 2.45 bits per heavy atom. The van der Waals surface area contributed by atoms with Gasteiger partial charge in [0.25, 0.3) is 5.91 Å². The Balaban J connectivity index is 2.72. The van der Waals surface area contributed by atoms with Crippen LogP contribution in [0.3, 0.4) is 0 Å². The number of amides is 1.